The zero-order chi connectivity index (χ0) is 9.40. The topological polar surface area (TPSA) is 38.8 Å². The van der Waals surface area contributed by atoms with Crippen molar-refractivity contribution < 1.29 is 14.3 Å². The first-order chi connectivity index (χ1) is 5.74. The molecule has 72 valence electrons. The highest BCUT2D eigenvalue weighted by molar-refractivity contribution is 5.46. The largest absolute Gasteiger partial charge is 0.354 e. The van der Waals surface area contributed by atoms with Gasteiger partial charge in [0.15, 0.2) is 6.29 Å². The van der Waals surface area contributed by atoms with Crippen LogP contribution in [0.5, 0.6) is 0 Å². The Kier molecular flexibility index (Phi) is 6.70. The number of ether oxygens (including phenoxy) is 2. The number of methoxy groups -OCH3 is 1. The number of likely N-dealkylation sites (N-methyl/N-ethyl adjacent to an activating group) is 1. The Labute approximate surface area is 73.4 Å². The van der Waals surface area contributed by atoms with Gasteiger partial charge in [0, 0.05) is 20.8 Å². The van der Waals surface area contributed by atoms with Crippen molar-refractivity contribution in [2.45, 2.75) is 19.6 Å². The van der Waals surface area contributed by atoms with E-state index in [1.165, 1.54) is 4.90 Å². The van der Waals surface area contributed by atoms with E-state index in [4.69, 9.17) is 9.47 Å². The Balaban J connectivity index is 3.58. The fraction of sp³-hybridized carbons (Fsp3) is 0.875. The van der Waals surface area contributed by atoms with Crippen LogP contribution in [0, 0.1) is 0 Å². The van der Waals surface area contributed by atoms with E-state index in [9.17, 15) is 4.79 Å². The highest BCUT2D eigenvalue weighted by Crippen LogP contribution is 1.95. The Morgan fingerprint density at radius 2 is 2.25 bits per heavy atom. The van der Waals surface area contributed by atoms with Crippen LogP contribution in [0.2, 0.25) is 0 Å². The van der Waals surface area contributed by atoms with E-state index >= 15 is 0 Å². The SMILES string of the molecule is CCCOC(CN(C)C=O)OC. The molecule has 12 heavy (non-hydrogen) atoms. The number of hydrogen-bond acceptors (Lipinski definition) is 3. The lowest BCUT2D eigenvalue weighted by molar-refractivity contribution is -0.142. The van der Waals surface area contributed by atoms with Crippen LogP contribution in [-0.4, -0.2) is 44.9 Å². The summed E-state index contributed by atoms with van der Waals surface area (Å²) in [7, 11) is 3.26. The van der Waals surface area contributed by atoms with Crippen LogP contribution in [0.1, 0.15) is 13.3 Å². The highest BCUT2D eigenvalue weighted by atomic mass is 16.7. The second-order valence-corrected chi connectivity index (χ2v) is 2.58. The summed E-state index contributed by atoms with van der Waals surface area (Å²) in [6.07, 6.45) is 1.39. The molecule has 0 N–H and O–H groups in total. The molecule has 0 aliphatic carbocycles. The van der Waals surface area contributed by atoms with Gasteiger partial charge in [0.1, 0.15) is 0 Å². The molecule has 0 bridgehead atoms. The van der Waals surface area contributed by atoms with Crippen LogP contribution in [0.3, 0.4) is 0 Å². The summed E-state index contributed by atoms with van der Waals surface area (Å²) in [5.41, 5.74) is 0. The summed E-state index contributed by atoms with van der Waals surface area (Å²) in [5.74, 6) is 0. The van der Waals surface area contributed by atoms with Crippen LogP contribution in [0.25, 0.3) is 0 Å². The van der Waals surface area contributed by atoms with E-state index in [1.54, 1.807) is 14.2 Å². The lowest BCUT2D eigenvalue weighted by Gasteiger charge is -2.19. The lowest BCUT2D eigenvalue weighted by Crippen LogP contribution is -2.31. The predicted octanol–water partition coefficient (Wildman–Crippen LogP) is 0.474. The Bertz CT molecular complexity index is 119. The second-order valence-electron chi connectivity index (χ2n) is 2.58. The van der Waals surface area contributed by atoms with Crippen LogP contribution >= 0.6 is 0 Å². The van der Waals surface area contributed by atoms with Crippen molar-refractivity contribution in [3.8, 4) is 0 Å². The minimum atomic E-state index is -0.305. The Morgan fingerprint density at radius 1 is 1.58 bits per heavy atom. The van der Waals surface area contributed by atoms with E-state index in [0.29, 0.717) is 13.2 Å². The Hall–Kier alpha value is -0.610. The monoisotopic (exact) mass is 175 g/mol. The molecule has 4 nitrogen and oxygen atoms in total. The number of carbonyl (C=O) groups is 1. The third-order valence-corrected chi connectivity index (χ3v) is 1.39. The zero-order valence-corrected chi connectivity index (χ0v) is 7.95. The molecule has 0 heterocycles. The van der Waals surface area contributed by atoms with Gasteiger partial charge in [0.25, 0.3) is 0 Å². The van der Waals surface area contributed by atoms with E-state index in [2.05, 4.69) is 0 Å². The van der Waals surface area contributed by atoms with Gasteiger partial charge in [-0.1, -0.05) is 6.92 Å². The summed E-state index contributed by atoms with van der Waals surface area (Å²) < 4.78 is 10.3. The molecular weight excluding hydrogens is 158 g/mol. The number of hydrogen-bond donors (Lipinski definition) is 0. The van der Waals surface area contributed by atoms with Crippen molar-refractivity contribution >= 4 is 6.41 Å². The molecule has 1 amide bonds. The average molecular weight is 175 g/mol. The number of amides is 1. The maximum Gasteiger partial charge on any atom is 0.209 e. The van der Waals surface area contributed by atoms with Crippen molar-refractivity contribution in [1.29, 1.82) is 0 Å². The molecule has 0 aromatic carbocycles. The molecule has 0 aliphatic rings. The van der Waals surface area contributed by atoms with Gasteiger partial charge in [-0.25, -0.2) is 0 Å². The summed E-state index contributed by atoms with van der Waals surface area (Å²) >= 11 is 0. The van der Waals surface area contributed by atoms with E-state index in [-0.39, 0.29) is 6.29 Å². The molecule has 0 rings (SSSR count). The first kappa shape index (κ1) is 11.4. The van der Waals surface area contributed by atoms with Crippen LogP contribution in [-0.2, 0) is 14.3 Å². The summed E-state index contributed by atoms with van der Waals surface area (Å²) in [5, 5.41) is 0. The predicted molar refractivity (Wildman–Crippen MR) is 45.7 cm³/mol. The second kappa shape index (κ2) is 7.06. The standard InChI is InChI=1S/C8H17NO3/c1-4-5-12-8(11-3)6-9(2)7-10/h7-8H,4-6H2,1-3H3. The smallest absolute Gasteiger partial charge is 0.209 e. The molecule has 0 saturated carbocycles. The van der Waals surface area contributed by atoms with Gasteiger partial charge < -0.3 is 14.4 Å². The first-order valence-corrected chi connectivity index (χ1v) is 4.04. The molecule has 0 radical (unpaired) electrons. The quantitative estimate of drug-likeness (QED) is 0.417. The Morgan fingerprint density at radius 3 is 2.67 bits per heavy atom. The van der Waals surface area contributed by atoms with Crippen molar-refractivity contribution in [1.82, 2.24) is 4.90 Å². The van der Waals surface area contributed by atoms with E-state index in [1.807, 2.05) is 6.92 Å². The lowest BCUT2D eigenvalue weighted by atomic mass is 10.5. The summed E-state index contributed by atoms with van der Waals surface area (Å²) in [6, 6.07) is 0. The number of carbonyl (C=O) groups excluding carboxylic acids is 1. The molecule has 1 atom stereocenters. The van der Waals surface area contributed by atoms with Crippen LogP contribution in [0.4, 0.5) is 0 Å². The van der Waals surface area contributed by atoms with Gasteiger partial charge in [-0.15, -0.1) is 0 Å². The number of nitrogens with zero attached hydrogens (tertiary/aromatic N) is 1. The molecule has 4 heteroatoms. The first-order valence-electron chi connectivity index (χ1n) is 4.04. The van der Waals surface area contributed by atoms with Gasteiger partial charge in [-0.05, 0) is 6.42 Å². The minimum Gasteiger partial charge on any atom is -0.354 e. The van der Waals surface area contributed by atoms with Gasteiger partial charge in [-0.3, -0.25) is 4.79 Å². The van der Waals surface area contributed by atoms with Crippen molar-refractivity contribution in [2.24, 2.45) is 0 Å². The third-order valence-electron chi connectivity index (χ3n) is 1.39. The molecule has 0 aromatic rings. The molecule has 0 fully saturated rings. The molecule has 1 unspecified atom stereocenters. The number of rotatable bonds is 7. The van der Waals surface area contributed by atoms with Gasteiger partial charge in [0.2, 0.25) is 6.41 Å². The summed E-state index contributed by atoms with van der Waals surface area (Å²) in [6.45, 7) is 3.15. The zero-order valence-electron chi connectivity index (χ0n) is 7.95. The molecule has 0 saturated heterocycles. The van der Waals surface area contributed by atoms with Crippen LogP contribution < -0.4 is 0 Å². The molecule has 0 spiro atoms. The van der Waals surface area contributed by atoms with E-state index in [0.717, 1.165) is 12.8 Å². The van der Waals surface area contributed by atoms with Gasteiger partial charge in [-0.2, -0.15) is 0 Å². The summed E-state index contributed by atoms with van der Waals surface area (Å²) in [4.78, 5) is 11.7. The van der Waals surface area contributed by atoms with Gasteiger partial charge in [0.05, 0.1) is 6.54 Å². The molecular formula is C8H17NO3. The van der Waals surface area contributed by atoms with Gasteiger partial charge >= 0.3 is 0 Å². The van der Waals surface area contributed by atoms with Crippen molar-refractivity contribution in [3.05, 3.63) is 0 Å². The fourth-order valence-electron chi connectivity index (χ4n) is 0.723. The highest BCUT2D eigenvalue weighted by Gasteiger charge is 2.08. The van der Waals surface area contributed by atoms with Crippen molar-refractivity contribution in [3.63, 3.8) is 0 Å². The normalized spacial score (nSPS) is 12.6. The van der Waals surface area contributed by atoms with E-state index < -0.39 is 0 Å². The third kappa shape index (κ3) is 5.09. The minimum absolute atomic E-state index is 0.305. The molecule has 0 aliphatic heterocycles. The average Bonchev–Trinajstić information content (AvgIpc) is 2.11. The van der Waals surface area contributed by atoms with Crippen molar-refractivity contribution in [2.75, 3.05) is 27.3 Å². The maximum absolute atomic E-state index is 10.2. The van der Waals surface area contributed by atoms with Crippen LogP contribution in [0.15, 0.2) is 0 Å². The molecule has 0 aromatic heterocycles. The fourth-order valence-corrected chi connectivity index (χ4v) is 0.723. The maximum atomic E-state index is 10.2.